The number of carbonyl (C=O) groups is 1. The number of urea groups is 1. The van der Waals surface area contributed by atoms with Gasteiger partial charge in [-0.25, -0.2) is 4.79 Å². The maximum absolute atomic E-state index is 13.3. The number of nitrogens with one attached hydrogen (secondary N) is 1. The minimum Gasteiger partial charge on any atom is -0.326 e. The fourth-order valence-corrected chi connectivity index (χ4v) is 4.32. The van der Waals surface area contributed by atoms with Crippen LogP contribution in [0.15, 0.2) is 0 Å². The van der Waals surface area contributed by atoms with Gasteiger partial charge in [0, 0.05) is 25.7 Å². The fraction of sp³-hybridized carbons (Fsp3) is 0.938. The first kappa shape index (κ1) is 16.9. The summed E-state index contributed by atoms with van der Waals surface area (Å²) in [5.41, 5.74) is 0. The van der Waals surface area contributed by atoms with Gasteiger partial charge in [0.05, 0.1) is 0 Å². The second kappa shape index (κ2) is 6.87. The average molecular weight is 333 g/mol. The van der Waals surface area contributed by atoms with E-state index in [0.717, 1.165) is 38.8 Å². The van der Waals surface area contributed by atoms with Crippen molar-refractivity contribution < 1.29 is 18.0 Å². The molecule has 3 aliphatic rings. The molecule has 0 bridgehead atoms. The van der Waals surface area contributed by atoms with Crippen LogP contribution in [-0.2, 0) is 0 Å². The molecule has 1 saturated carbocycles. The van der Waals surface area contributed by atoms with Crippen LogP contribution in [0.5, 0.6) is 0 Å². The number of hydrogen-bond donors (Lipinski definition) is 1. The van der Waals surface area contributed by atoms with Crippen LogP contribution >= 0.6 is 0 Å². The Morgan fingerprint density at radius 1 is 1.00 bits per heavy atom. The number of hydrogen-bond acceptors (Lipinski definition) is 2. The molecular weight excluding hydrogens is 307 g/mol. The highest BCUT2D eigenvalue weighted by atomic mass is 19.4. The van der Waals surface area contributed by atoms with Gasteiger partial charge in [0.15, 0.2) is 0 Å². The molecule has 0 unspecified atom stereocenters. The summed E-state index contributed by atoms with van der Waals surface area (Å²) in [6.07, 6.45) is 1.76. The molecule has 2 saturated heterocycles. The van der Waals surface area contributed by atoms with Crippen molar-refractivity contribution in [2.45, 2.75) is 63.2 Å². The molecule has 2 aliphatic heterocycles. The van der Waals surface area contributed by atoms with Crippen molar-refractivity contribution in [2.24, 2.45) is 5.92 Å². The highest BCUT2D eigenvalue weighted by molar-refractivity contribution is 5.75. The zero-order chi connectivity index (χ0) is 16.4. The van der Waals surface area contributed by atoms with Gasteiger partial charge >= 0.3 is 12.2 Å². The van der Waals surface area contributed by atoms with E-state index in [1.54, 1.807) is 4.90 Å². The fourth-order valence-electron chi connectivity index (χ4n) is 4.32. The largest absolute Gasteiger partial charge is 0.408 e. The van der Waals surface area contributed by atoms with Crippen LogP contribution in [0.3, 0.4) is 0 Å². The van der Waals surface area contributed by atoms with Crippen LogP contribution in [0.2, 0.25) is 0 Å². The molecule has 0 aromatic rings. The van der Waals surface area contributed by atoms with Crippen molar-refractivity contribution in [2.75, 3.05) is 26.2 Å². The van der Waals surface area contributed by atoms with Crippen LogP contribution in [0.1, 0.15) is 44.9 Å². The van der Waals surface area contributed by atoms with Gasteiger partial charge in [-0.2, -0.15) is 13.2 Å². The van der Waals surface area contributed by atoms with E-state index in [4.69, 9.17) is 0 Å². The smallest absolute Gasteiger partial charge is 0.326 e. The zero-order valence-electron chi connectivity index (χ0n) is 13.4. The monoisotopic (exact) mass is 333 g/mol. The van der Waals surface area contributed by atoms with Gasteiger partial charge in [-0.05, 0) is 38.1 Å². The molecule has 0 aromatic heterocycles. The Morgan fingerprint density at radius 2 is 1.70 bits per heavy atom. The van der Waals surface area contributed by atoms with E-state index in [-0.39, 0.29) is 0 Å². The number of halogens is 3. The highest BCUT2D eigenvalue weighted by Gasteiger charge is 2.47. The minimum atomic E-state index is -4.36. The third kappa shape index (κ3) is 3.92. The van der Waals surface area contributed by atoms with E-state index in [1.807, 2.05) is 0 Å². The molecule has 3 rings (SSSR count). The van der Waals surface area contributed by atoms with E-state index in [2.05, 4.69) is 10.2 Å². The van der Waals surface area contributed by atoms with E-state index >= 15 is 0 Å². The molecule has 3 fully saturated rings. The number of carbonyl (C=O) groups excluding carboxylic acids is 1. The first-order chi connectivity index (χ1) is 10.9. The van der Waals surface area contributed by atoms with Gasteiger partial charge in [-0.3, -0.25) is 4.90 Å². The number of piperidine rings is 1. The summed E-state index contributed by atoms with van der Waals surface area (Å²) in [5.74, 6) is -0.463. The van der Waals surface area contributed by atoms with Crippen LogP contribution in [0, 0.1) is 5.92 Å². The number of alkyl halides is 3. The third-order valence-electron chi connectivity index (χ3n) is 5.63. The lowest BCUT2D eigenvalue weighted by Crippen LogP contribution is -2.60. The molecular formula is C16H26F3N3O. The molecule has 7 heteroatoms. The molecule has 0 spiro atoms. The quantitative estimate of drug-likeness (QED) is 0.843. The summed E-state index contributed by atoms with van der Waals surface area (Å²) < 4.78 is 40.0. The summed E-state index contributed by atoms with van der Waals surface area (Å²) in [5, 5.41) is 2.31. The topological polar surface area (TPSA) is 35.6 Å². The third-order valence-corrected chi connectivity index (χ3v) is 5.63. The summed E-state index contributed by atoms with van der Waals surface area (Å²) in [7, 11) is 0. The number of rotatable bonds is 2. The summed E-state index contributed by atoms with van der Waals surface area (Å²) >= 11 is 0. The molecule has 0 radical (unpaired) electrons. The van der Waals surface area contributed by atoms with Crippen molar-refractivity contribution in [1.29, 1.82) is 0 Å². The van der Waals surface area contributed by atoms with Crippen LogP contribution < -0.4 is 5.32 Å². The standard InChI is InChI=1S/C16H26F3N3O/c17-16(18,19)14(12-5-1-2-6-12)20-15(23)22-10-9-21-8-4-3-7-13(21)11-22/h12-14H,1-11H2,(H,20,23)/t13-,14-/m1/s1. The van der Waals surface area contributed by atoms with Crippen LogP contribution in [0.4, 0.5) is 18.0 Å². The molecule has 4 nitrogen and oxygen atoms in total. The lowest BCUT2D eigenvalue weighted by molar-refractivity contribution is -0.165. The molecule has 2 heterocycles. The van der Waals surface area contributed by atoms with Crippen molar-refractivity contribution in [3.05, 3.63) is 0 Å². The highest BCUT2D eigenvalue weighted by Crippen LogP contribution is 2.35. The first-order valence-corrected chi connectivity index (χ1v) is 8.81. The Balaban J connectivity index is 1.60. The second-order valence-electron chi connectivity index (χ2n) is 7.14. The number of fused-ring (bicyclic) bond motifs is 1. The number of nitrogens with zero attached hydrogens (tertiary/aromatic N) is 2. The molecule has 1 N–H and O–H groups in total. The zero-order valence-corrected chi connectivity index (χ0v) is 13.4. The Morgan fingerprint density at radius 3 is 2.39 bits per heavy atom. The first-order valence-electron chi connectivity index (χ1n) is 8.81. The average Bonchev–Trinajstić information content (AvgIpc) is 3.04. The van der Waals surface area contributed by atoms with E-state index in [0.29, 0.717) is 32.0 Å². The van der Waals surface area contributed by atoms with Gasteiger partial charge in [0.2, 0.25) is 0 Å². The lowest BCUT2D eigenvalue weighted by atomic mass is 9.97. The maximum atomic E-state index is 13.3. The molecule has 2 atom stereocenters. The molecule has 132 valence electrons. The maximum Gasteiger partial charge on any atom is 0.408 e. The molecule has 23 heavy (non-hydrogen) atoms. The summed E-state index contributed by atoms with van der Waals surface area (Å²) in [6.45, 7) is 2.91. The lowest BCUT2D eigenvalue weighted by Gasteiger charge is -2.44. The predicted molar refractivity (Wildman–Crippen MR) is 81.1 cm³/mol. The van der Waals surface area contributed by atoms with Crippen molar-refractivity contribution >= 4 is 6.03 Å². The summed E-state index contributed by atoms with van der Waals surface area (Å²) in [4.78, 5) is 16.3. The van der Waals surface area contributed by atoms with E-state index in [1.165, 1.54) is 6.42 Å². The Labute approximate surface area is 135 Å². The van der Waals surface area contributed by atoms with Crippen LogP contribution in [-0.4, -0.2) is 60.3 Å². The molecule has 1 aliphatic carbocycles. The van der Waals surface area contributed by atoms with Gasteiger partial charge in [0.1, 0.15) is 6.04 Å². The molecule has 0 aromatic carbocycles. The normalized spacial score (nSPS) is 28.5. The van der Waals surface area contributed by atoms with Gasteiger partial charge in [0.25, 0.3) is 0 Å². The van der Waals surface area contributed by atoms with Crippen molar-refractivity contribution in [3.8, 4) is 0 Å². The van der Waals surface area contributed by atoms with Crippen LogP contribution in [0.25, 0.3) is 0 Å². The van der Waals surface area contributed by atoms with Gasteiger partial charge < -0.3 is 10.2 Å². The van der Waals surface area contributed by atoms with Gasteiger partial charge in [-0.1, -0.05) is 19.3 Å². The second-order valence-corrected chi connectivity index (χ2v) is 7.14. The summed E-state index contributed by atoms with van der Waals surface area (Å²) in [6, 6.07) is -1.91. The SMILES string of the molecule is O=C(N[C@H](C1CCCC1)C(F)(F)F)N1CCN2CCCC[C@@H]2C1. The van der Waals surface area contributed by atoms with Crippen molar-refractivity contribution in [3.63, 3.8) is 0 Å². The number of piperazine rings is 1. The van der Waals surface area contributed by atoms with Crippen molar-refractivity contribution in [1.82, 2.24) is 15.1 Å². The molecule has 2 amide bonds. The van der Waals surface area contributed by atoms with E-state index in [9.17, 15) is 18.0 Å². The number of amides is 2. The van der Waals surface area contributed by atoms with E-state index < -0.39 is 24.2 Å². The van der Waals surface area contributed by atoms with Gasteiger partial charge in [-0.15, -0.1) is 0 Å². The Kier molecular flexibility index (Phi) is 5.04. The predicted octanol–water partition coefficient (Wildman–Crippen LogP) is 2.99. The Hall–Kier alpha value is -0.980. The minimum absolute atomic E-state index is 0.319. The Bertz CT molecular complexity index is 423.